The highest BCUT2D eigenvalue weighted by Crippen LogP contribution is 2.28. The van der Waals surface area contributed by atoms with E-state index in [1.165, 1.54) is 5.56 Å². The third kappa shape index (κ3) is 5.39. The number of para-hydroxylation sites is 1. The molecular formula is C19H28Cl2N4O. The van der Waals surface area contributed by atoms with Crippen LogP contribution in [0, 0.1) is 0 Å². The van der Waals surface area contributed by atoms with Gasteiger partial charge in [-0.05, 0) is 49.3 Å². The molecule has 0 spiro atoms. The summed E-state index contributed by atoms with van der Waals surface area (Å²) in [5, 5.41) is 4.36. The molecule has 1 amide bonds. The van der Waals surface area contributed by atoms with Crippen LogP contribution in [0.1, 0.15) is 43.2 Å². The van der Waals surface area contributed by atoms with Gasteiger partial charge in [0.15, 0.2) is 0 Å². The van der Waals surface area contributed by atoms with Crippen molar-refractivity contribution in [3.8, 4) is 0 Å². The van der Waals surface area contributed by atoms with Crippen LogP contribution >= 0.6 is 24.8 Å². The van der Waals surface area contributed by atoms with Crippen molar-refractivity contribution in [1.82, 2.24) is 14.7 Å². The van der Waals surface area contributed by atoms with Gasteiger partial charge < -0.3 is 10.6 Å². The lowest BCUT2D eigenvalue weighted by molar-refractivity contribution is -0.132. The molecule has 2 aromatic rings. The van der Waals surface area contributed by atoms with Gasteiger partial charge in [0, 0.05) is 37.9 Å². The quantitative estimate of drug-likeness (QED) is 0.781. The SMILES string of the molecule is CCn1cc(C2CCN(C(=O)CCc3ccccc3N)CC2)cn1.Cl.Cl. The van der Waals surface area contributed by atoms with Crippen LogP contribution in [0.3, 0.4) is 0 Å². The average Bonchev–Trinajstić information content (AvgIpc) is 3.10. The Morgan fingerprint density at radius 1 is 1.23 bits per heavy atom. The fourth-order valence-electron chi connectivity index (χ4n) is 3.39. The summed E-state index contributed by atoms with van der Waals surface area (Å²) in [5.41, 5.74) is 9.09. The molecule has 0 aliphatic carbocycles. The molecule has 144 valence electrons. The standard InChI is InChI=1S/C19H26N4O.2ClH/c1-2-23-14-17(13-21-23)15-9-11-22(12-10-15)19(24)8-7-16-5-3-4-6-18(16)20;;/h3-6,13-15H,2,7-12,20H2,1H3;2*1H. The van der Waals surface area contributed by atoms with E-state index in [-0.39, 0.29) is 30.7 Å². The van der Waals surface area contributed by atoms with Crippen LogP contribution in [0.4, 0.5) is 5.69 Å². The first kappa shape index (κ1) is 22.3. The third-order valence-electron chi connectivity index (χ3n) is 4.96. The first-order valence-electron chi connectivity index (χ1n) is 8.81. The number of hydrogen-bond acceptors (Lipinski definition) is 3. The van der Waals surface area contributed by atoms with Gasteiger partial charge in [-0.15, -0.1) is 24.8 Å². The molecule has 0 unspecified atom stereocenters. The first-order chi connectivity index (χ1) is 11.7. The summed E-state index contributed by atoms with van der Waals surface area (Å²) in [6.45, 7) is 4.67. The van der Waals surface area contributed by atoms with E-state index in [2.05, 4.69) is 18.2 Å². The van der Waals surface area contributed by atoms with Gasteiger partial charge in [-0.2, -0.15) is 5.10 Å². The van der Waals surface area contributed by atoms with Crippen LogP contribution in [-0.4, -0.2) is 33.7 Å². The van der Waals surface area contributed by atoms with Crippen LogP contribution in [0.15, 0.2) is 36.7 Å². The smallest absolute Gasteiger partial charge is 0.222 e. The Balaban J connectivity index is 0.00000169. The summed E-state index contributed by atoms with van der Waals surface area (Å²) in [6.07, 6.45) is 7.41. The number of likely N-dealkylation sites (tertiary alicyclic amines) is 1. The summed E-state index contributed by atoms with van der Waals surface area (Å²) < 4.78 is 1.97. The van der Waals surface area contributed by atoms with E-state index in [1.807, 2.05) is 40.0 Å². The maximum absolute atomic E-state index is 12.4. The van der Waals surface area contributed by atoms with Crippen molar-refractivity contribution >= 4 is 36.4 Å². The van der Waals surface area contributed by atoms with Gasteiger partial charge in [0.25, 0.3) is 0 Å². The second kappa shape index (κ2) is 10.4. The number of carbonyl (C=O) groups excluding carboxylic acids is 1. The molecule has 0 radical (unpaired) electrons. The number of halogens is 2. The average molecular weight is 399 g/mol. The number of nitrogens with two attached hydrogens (primary N) is 1. The van der Waals surface area contributed by atoms with E-state index in [1.54, 1.807) is 0 Å². The van der Waals surface area contributed by atoms with E-state index < -0.39 is 0 Å². The summed E-state index contributed by atoms with van der Waals surface area (Å²) in [5.74, 6) is 0.764. The molecule has 1 aromatic heterocycles. The van der Waals surface area contributed by atoms with Gasteiger partial charge in [-0.1, -0.05) is 18.2 Å². The Hall–Kier alpha value is -1.72. The van der Waals surface area contributed by atoms with Crippen molar-refractivity contribution in [2.45, 2.75) is 45.1 Å². The fraction of sp³-hybridized carbons (Fsp3) is 0.474. The van der Waals surface area contributed by atoms with Gasteiger partial charge in [0.1, 0.15) is 0 Å². The zero-order valence-corrected chi connectivity index (χ0v) is 16.8. The number of hydrogen-bond donors (Lipinski definition) is 1. The molecule has 26 heavy (non-hydrogen) atoms. The van der Waals surface area contributed by atoms with Crippen molar-refractivity contribution < 1.29 is 4.79 Å². The van der Waals surface area contributed by atoms with Crippen LogP contribution < -0.4 is 5.73 Å². The van der Waals surface area contributed by atoms with Gasteiger partial charge in [0.05, 0.1) is 6.20 Å². The van der Waals surface area contributed by atoms with Crippen molar-refractivity contribution in [3.05, 3.63) is 47.8 Å². The predicted molar refractivity (Wildman–Crippen MR) is 110 cm³/mol. The molecule has 5 nitrogen and oxygen atoms in total. The Labute approximate surface area is 167 Å². The largest absolute Gasteiger partial charge is 0.399 e. The van der Waals surface area contributed by atoms with E-state index in [0.29, 0.717) is 18.8 Å². The zero-order chi connectivity index (χ0) is 16.9. The Morgan fingerprint density at radius 3 is 2.54 bits per heavy atom. The molecule has 0 bridgehead atoms. The number of piperidine rings is 1. The molecule has 1 fully saturated rings. The minimum atomic E-state index is 0. The molecular weight excluding hydrogens is 371 g/mol. The molecule has 7 heteroatoms. The van der Waals surface area contributed by atoms with Gasteiger partial charge in [0.2, 0.25) is 5.91 Å². The lowest BCUT2D eigenvalue weighted by atomic mass is 9.91. The third-order valence-corrected chi connectivity index (χ3v) is 4.96. The number of amides is 1. The number of nitrogen functional groups attached to an aromatic ring is 1. The monoisotopic (exact) mass is 398 g/mol. The Morgan fingerprint density at radius 2 is 1.92 bits per heavy atom. The molecule has 0 atom stereocenters. The minimum absolute atomic E-state index is 0. The second-order valence-electron chi connectivity index (χ2n) is 6.48. The highest BCUT2D eigenvalue weighted by molar-refractivity contribution is 5.85. The molecule has 2 N–H and O–H groups in total. The van der Waals surface area contributed by atoms with Crippen molar-refractivity contribution in [1.29, 1.82) is 0 Å². The van der Waals surface area contributed by atoms with Crippen LogP contribution in [-0.2, 0) is 17.8 Å². The number of nitrogens with zero attached hydrogens (tertiary/aromatic N) is 3. The predicted octanol–water partition coefficient (Wildman–Crippen LogP) is 3.67. The number of rotatable bonds is 5. The normalized spacial score (nSPS) is 14.4. The number of anilines is 1. The number of carbonyl (C=O) groups is 1. The fourth-order valence-corrected chi connectivity index (χ4v) is 3.39. The van der Waals surface area contributed by atoms with Gasteiger partial charge >= 0.3 is 0 Å². The molecule has 3 rings (SSSR count). The highest BCUT2D eigenvalue weighted by atomic mass is 35.5. The van der Waals surface area contributed by atoms with Crippen LogP contribution in [0.5, 0.6) is 0 Å². The topological polar surface area (TPSA) is 64.2 Å². The van der Waals surface area contributed by atoms with E-state index in [4.69, 9.17) is 5.73 Å². The maximum Gasteiger partial charge on any atom is 0.222 e. The number of aromatic nitrogens is 2. The summed E-state index contributed by atoms with van der Waals surface area (Å²) >= 11 is 0. The summed E-state index contributed by atoms with van der Waals surface area (Å²) in [7, 11) is 0. The van der Waals surface area contributed by atoms with Crippen molar-refractivity contribution in [2.75, 3.05) is 18.8 Å². The van der Waals surface area contributed by atoms with E-state index in [0.717, 1.165) is 43.7 Å². The van der Waals surface area contributed by atoms with Crippen LogP contribution in [0.2, 0.25) is 0 Å². The molecule has 1 saturated heterocycles. The first-order valence-corrected chi connectivity index (χ1v) is 8.81. The number of benzene rings is 1. The van der Waals surface area contributed by atoms with Gasteiger partial charge in [-0.25, -0.2) is 0 Å². The summed E-state index contributed by atoms with van der Waals surface area (Å²) in [6, 6.07) is 7.78. The molecule has 1 aliphatic rings. The van der Waals surface area contributed by atoms with Crippen LogP contribution in [0.25, 0.3) is 0 Å². The van der Waals surface area contributed by atoms with Crippen molar-refractivity contribution in [3.63, 3.8) is 0 Å². The Bertz CT molecular complexity index is 696. The Kier molecular flexibility index (Phi) is 8.96. The van der Waals surface area contributed by atoms with E-state index >= 15 is 0 Å². The van der Waals surface area contributed by atoms with Gasteiger partial charge in [-0.3, -0.25) is 9.48 Å². The second-order valence-corrected chi connectivity index (χ2v) is 6.48. The number of aryl methyl sites for hydroxylation is 2. The van der Waals surface area contributed by atoms with Crippen molar-refractivity contribution in [2.24, 2.45) is 0 Å². The lowest BCUT2D eigenvalue weighted by Crippen LogP contribution is -2.38. The maximum atomic E-state index is 12.4. The molecule has 2 heterocycles. The molecule has 0 saturated carbocycles. The lowest BCUT2D eigenvalue weighted by Gasteiger charge is -2.31. The molecule has 1 aliphatic heterocycles. The summed E-state index contributed by atoms with van der Waals surface area (Å²) in [4.78, 5) is 14.4. The zero-order valence-electron chi connectivity index (χ0n) is 15.1. The minimum Gasteiger partial charge on any atom is -0.399 e. The van der Waals surface area contributed by atoms with E-state index in [9.17, 15) is 4.79 Å². The highest BCUT2D eigenvalue weighted by Gasteiger charge is 2.24. The molecule has 1 aromatic carbocycles.